The van der Waals surface area contributed by atoms with E-state index in [9.17, 15) is 4.79 Å². The molecule has 6 nitrogen and oxygen atoms in total. The van der Waals surface area contributed by atoms with E-state index < -0.39 is 0 Å². The van der Waals surface area contributed by atoms with Crippen molar-refractivity contribution in [3.63, 3.8) is 0 Å². The maximum Gasteiger partial charge on any atom is 0.323 e. The lowest BCUT2D eigenvalue weighted by Gasteiger charge is -2.24. The molecule has 0 saturated heterocycles. The molecule has 2 heterocycles. The quantitative estimate of drug-likeness (QED) is 0.910. The summed E-state index contributed by atoms with van der Waals surface area (Å²) in [6.45, 7) is 12.3. The number of amides is 2. The topological polar surface area (TPSA) is 63.1 Å². The molecule has 1 atom stereocenters. The van der Waals surface area contributed by atoms with Crippen LogP contribution in [-0.2, 0) is 12.5 Å². The van der Waals surface area contributed by atoms with Crippen LogP contribution in [0.25, 0.3) is 0 Å². The van der Waals surface area contributed by atoms with Crippen LogP contribution in [0.3, 0.4) is 0 Å². The molecule has 2 rings (SSSR count). The Hall–Kier alpha value is -1.89. The molecular weight excluding hydrogens is 322 g/mol. The normalized spacial score (nSPS) is 13.0. The highest BCUT2D eigenvalue weighted by molar-refractivity contribution is 7.11. The standard InChI is InChI=1S/C17H27N5OS/c1-10(15-11(2)24-12(3)18-15)21(7)16(23)19-14-9-13(17(4,5)6)20-22(14)8/h9-10H,1-8H3,(H,19,23)/t10-/m1/s1. The molecule has 0 radical (unpaired) electrons. The Kier molecular flexibility index (Phi) is 5.03. The summed E-state index contributed by atoms with van der Waals surface area (Å²) in [4.78, 5) is 20.0. The molecule has 0 spiro atoms. The molecule has 2 amide bonds. The Bertz CT molecular complexity index is 741. The van der Waals surface area contributed by atoms with Gasteiger partial charge in [0.2, 0.25) is 0 Å². The van der Waals surface area contributed by atoms with E-state index in [0.29, 0.717) is 5.82 Å². The number of thiazole rings is 1. The Labute approximate surface area is 147 Å². The van der Waals surface area contributed by atoms with Gasteiger partial charge >= 0.3 is 6.03 Å². The number of aromatic nitrogens is 3. The van der Waals surface area contributed by atoms with Crippen LogP contribution in [-0.4, -0.2) is 32.7 Å². The zero-order chi connectivity index (χ0) is 18.2. The number of hydrogen-bond acceptors (Lipinski definition) is 4. The summed E-state index contributed by atoms with van der Waals surface area (Å²) in [5.41, 5.74) is 1.84. The van der Waals surface area contributed by atoms with E-state index in [0.717, 1.165) is 21.3 Å². The summed E-state index contributed by atoms with van der Waals surface area (Å²) < 4.78 is 1.70. The van der Waals surface area contributed by atoms with Gasteiger partial charge < -0.3 is 4.90 Å². The van der Waals surface area contributed by atoms with Crippen molar-refractivity contribution < 1.29 is 4.79 Å². The minimum absolute atomic E-state index is 0.0604. The maximum absolute atomic E-state index is 12.6. The van der Waals surface area contributed by atoms with Gasteiger partial charge in [0.15, 0.2) is 0 Å². The molecule has 0 fully saturated rings. The number of aryl methyl sites for hydroxylation is 3. The predicted molar refractivity (Wildman–Crippen MR) is 98.7 cm³/mol. The van der Waals surface area contributed by atoms with E-state index in [1.165, 1.54) is 0 Å². The van der Waals surface area contributed by atoms with E-state index >= 15 is 0 Å². The number of hydrogen-bond donors (Lipinski definition) is 1. The van der Waals surface area contributed by atoms with Crippen LogP contribution in [0.1, 0.15) is 55.0 Å². The van der Waals surface area contributed by atoms with Crippen molar-refractivity contribution in [1.82, 2.24) is 19.7 Å². The van der Waals surface area contributed by atoms with Crippen LogP contribution in [0.15, 0.2) is 6.07 Å². The molecule has 0 saturated carbocycles. The van der Waals surface area contributed by atoms with Crippen molar-refractivity contribution in [2.24, 2.45) is 7.05 Å². The molecule has 0 bridgehead atoms. The molecule has 132 valence electrons. The number of anilines is 1. The molecule has 0 aromatic carbocycles. The third kappa shape index (κ3) is 3.77. The van der Waals surface area contributed by atoms with Gasteiger partial charge in [0.1, 0.15) is 5.82 Å². The lowest BCUT2D eigenvalue weighted by Crippen LogP contribution is -2.34. The first-order valence-corrected chi connectivity index (χ1v) is 8.84. The summed E-state index contributed by atoms with van der Waals surface area (Å²) in [6.07, 6.45) is 0. The fraction of sp³-hybridized carbons (Fsp3) is 0.588. The van der Waals surface area contributed by atoms with Gasteiger partial charge in [0.25, 0.3) is 0 Å². The molecule has 0 aliphatic carbocycles. The third-order valence-electron chi connectivity index (χ3n) is 4.12. The molecule has 0 unspecified atom stereocenters. The van der Waals surface area contributed by atoms with Crippen LogP contribution < -0.4 is 5.32 Å². The average Bonchev–Trinajstić information content (AvgIpc) is 2.99. The second-order valence-corrected chi connectivity index (χ2v) is 8.59. The second kappa shape index (κ2) is 6.55. The van der Waals surface area contributed by atoms with Gasteiger partial charge in [-0.3, -0.25) is 10.00 Å². The minimum Gasteiger partial charge on any atom is -0.319 e. The van der Waals surface area contributed by atoms with Crippen molar-refractivity contribution in [1.29, 1.82) is 0 Å². The first-order valence-electron chi connectivity index (χ1n) is 8.03. The summed E-state index contributed by atoms with van der Waals surface area (Å²) in [5, 5.41) is 8.45. The lowest BCUT2D eigenvalue weighted by atomic mass is 9.92. The van der Waals surface area contributed by atoms with Gasteiger partial charge in [-0.15, -0.1) is 11.3 Å². The fourth-order valence-electron chi connectivity index (χ4n) is 2.44. The molecule has 7 heteroatoms. The SMILES string of the molecule is Cc1nc([C@@H](C)N(C)C(=O)Nc2cc(C(C)(C)C)nn2C)c(C)s1. The summed E-state index contributed by atoms with van der Waals surface area (Å²) in [7, 11) is 3.62. The van der Waals surface area contributed by atoms with Gasteiger partial charge in [0.05, 0.1) is 22.4 Å². The average molecular weight is 350 g/mol. The molecule has 0 aliphatic rings. The highest BCUT2D eigenvalue weighted by atomic mass is 32.1. The van der Waals surface area contributed by atoms with Crippen LogP contribution in [0.5, 0.6) is 0 Å². The number of nitrogens with one attached hydrogen (secondary N) is 1. The monoisotopic (exact) mass is 349 g/mol. The van der Waals surface area contributed by atoms with Crippen LogP contribution in [0.2, 0.25) is 0 Å². The highest BCUT2D eigenvalue weighted by Crippen LogP contribution is 2.27. The molecule has 0 aliphatic heterocycles. The highest BCUT2D eigenvalue weighted by Gasteiger charge is 2.24. The summed E-state index contributed by atoms with van der Waals surface area (Å²) >= 11 is 1.66. The van der Waals surface area contributed by atoms with Crippen molar-refractivity contribution in [3.05, 3.63) is 27.3 Å². The fourth-order valence-corrected chi connectivity index (χ4v) is 3.35. The van der Waals surface area contributed by atoms with Crippen molar-refractivity contribution in [2.45, 2.75) is 53.0 Å². The first-order chi connectivity index (χ1) is 11.0. The maximum atomic E-state index is 12.6. The van der Waals surface area contributed by atoms with Crippen LogP contribution >= 0.6 is 11.3 Å². The molecule has 1 N–H and O–H groups in total. The third-order valence-corrected chi connectivity index (χ3v) is 5.02. The number of nitrogens with zero attached hydrogens (tertiary/aromatic N) is 4. The summed E-state index contributed by atoms with van der Waals surface area (Å²) in [5.74, 6) is 0.690. The van der Waals surface area contributed by atoms with Gasteiger partial charge in [-0.2, -0.15) is 5.10 Å². The van der Waals surface area contributed by atoms with Crippen LogP contribution in [0.4, 0.5) is 10.6 Å². The zero-order valence-corrected chi connectivity index (χ0v) is 16.6. The Balaban J connectivity index is 2.15. The smallest absolute Gasteiger partial charge is 0.319 e. The van der Waals surface area contributed by atoms with Crippen molar-refractivity contribution >= 4 is 23.2 Å². The Morgan fingerprint density at radius 1 is 1.38 bits per heavy atom. The predicted octanol–water partition coefficient (Wildman–Crippen LogP) is 4.02. The lowest BCUT2D eigenvalue weighted by molar-refractivity contribution is 0.207. The minimum atomic E-state index is -0.170. The van der Waals surface area contributed by atoms with E-state index in [-0.39, 0.29) is 17.5 Å². The van der Waals surface area contributed by atoms with E-state index in [2.05, 4.69) is 36.2 Å². The van der Waals surface area contributed by atoms with Crippen molar-refractivity contribution in [3.8, 4) is 0 Å². The molecule has 24 heavy (non-hydrogen) atoms. The molecular formula is C17H27N5OS. The van der Waals surface area contributed by atoms with Gasteiger partial charge in [-0.05, 0) is 20.8 Å². The van der Waals surface area contributed by atoms with E-state index in [4.69, 9.17) is 0 Å². The first kappa shape index (κ1) is 18.4. The largest absolute Gasteiger partial charge is 0.323 e. The van der Waals surface area contributed by atoms with Gasteiger partial charge in [-0.25, -0.2) is 9.78 Å². The molecule has 2 aromatic heterocycles. The Morgan fingerprint density at radius 3 is 2.46 bits per heavy atom. The summed E-state index contributed by atoms with van der Waals surface area (Å²) in [6, 6.07) is 1.66. The van der Waals surface area contributed by atoms with Gasteiger partial charge in [0, 0.05) is 30.5 Å². The number of carbonyl (C=O) groups excluding carboxylic acids is 1. The number of carbonyl (C=O) groups is 1. The molecule has 2 aromatic rings. The number of rotatable bonds is 3. The second-order valence-electron chi connectivity index (χ2n) is 7.18. The van der Waals surface area contributed by atoms with Crippen LogP contribution in [0, 0.1) is 13.8 Å². The van der Waals surface area contributed by atoms with Crippen molar-refractivity contribution in [2.75, 3.05) is 12.4 Å². The number of urea groups is 1. The van der Waals surface area contributed by atoms with E-state index in [1.54, 1.807) is 28.0 Å². The Morgan fingerprint density at radius 2 is 2.00 bits per heavy atom. The zero-order valence-electron chi connectivity index (χ0n) is 15.8. The van der Waals surface area contributed by atoms with Gasteiger partial charge in [-0.1, -0.05) is 20.8 Å². The van der Waals surface area contributed by atoms with E-state index in [1.807, 2.05) is 33.9 Å².